The van der Waals surface area contributed by atoms with E-state index in [1.807, 2.05) is 0 Å². The van der Waals surface area contributed by atoms with Crippen molar-refractivity contribution in [3.8, 4) is 5.69 Å². The molecule has 0 unspecified atom stereocenters. The highest BCUT2D eigenvalue weighted by molar-refractivity contribution is 7.98. The first-order valence-electron chi connectivity index (χ1n) is 6.81. The molecule has 25 heavy (non-hydrogen) atoms. The molecular formula is C14H11F2N5O2S2. The molecule has 0 spiro atoms. The van der Waals surface area contributed by atoms with Gasteiger partial charge in [0, 0.05) is 0 Å². The van der Waals surface area contributed by atoms with Gasteiger partial charge in [0.05, 0.1) is 11.4 Å². The van der Waals surface area contributed by atoms with E-state index in [-0.39, 0.29) is 5.69 Å². The molecule has 0 fully saturated rings. The van der Waals surface area contributed by atoms with E-state index < -0.39 is 26.6 Å². The van der Waals surface area contributed by atoms with Gasteiger partial charge < -0.3 is 0 Å². The average molecular weight is 383 g/mol. The van der Waals surface area contributed by atoms with Crippen molar-refractivity contribution in [2.24, 2.45) is 0 Å². The molecule has 11 heteroatoms. The van der Waals surface area contributed by atoms with Crippen molar-refractivity contribution in [3.05, 3.63) is 54.1 Å². The van der Waals surface area contributed by atoms with E-state index >= 15 is 0 Å². The highest BCUT2D eigenvalue weighted by Gasteiger charge is 2.20. The number of aromatic nitrogens is 4. The maximum Gasteiger partial charge on any atom is 0.264 e. The number of hydrogen-bond donors (Lipinski definition) is 1. The van der Waals surface area contributed by atoms with Crippen LogP contribution in [0.3, 0.4) is 0 Å². The Bertz CT molecular complexity index is 1020. The number of nitrogens with zero attached hydrogens (tertiary/aromatic N) is 4. The Hall–Kier alpha value is -2.53. The number of sulfonamides is 1. The lowest BCUT2D eigenvalue weighted by Crippen LogP contribution is -2.15. The molecule has 0 saturated carbocycles. The number of benzene rings is 2. The number of hydrogen-bond acceptors (Lipinski definition) is 6. The van der Waals surface area contributed by atoms with Crippen molar-refractivity contribution in [2.45, 2.75) is 10.1 Å². The molecule has 3 aromatic rings. The smallest absolute Gasteiger partial charge is 0.264 e. The van der Waals surface area contributed by atoms with E-state index in [0.717, 1.165) is 12.1 Å². The van der Waals surface area contributed by atoms with Gasteiger partial charge in [-0.1, -0.05) is 17.8 Å². The lowest BCUT2D eigenvalue weighted by Gasteiger charge is -2.10. The normalized spacial score (nSPS) is 11.5. The Morgan fingerprint density at radius 3 is 2.72 bits per heavy atom. The Kier molecular flexibility index (Phi) is 4.68. The Labute approximate surface area is 146 Å². The molecule has 0 aliphatic rings. The number of thioether (sulfide) groups is 1. The van der Waals surface area contributed by atoms with Gasteiger partial charge in [-0.2, -0.15) is 4.68 Å². The second kappa shape index (κ2) is 6.76. The molecule has 0 aliphatic carbocycles. The number of nitrogens with one attached hydrogen (secondary N) is 1. The minimum atomic E-state index is -4.30. The minimum absolute atomic E-state index is 0.156. The van der Waals surface area contributed by atoms with E-state index in [4.69, 9.17) is 0 Å². The Morgan fingerprint density at radius 1 is 1.16 bits per heavy atom. The summed E-state index contributed by atoms with van der Waals surface area (Å²) < 4.78 is 55.3. The second-order valence-electron chi connectivity index (χ2n) is 4.81. The zero-order valence-corrected chi connectivity index (χ0v) is 14.4. The van der Waals surface area contributed by atoms with E-state index in [1.54, 1.807) is 18.4 Å². The standard InChI is InChI=1S/C14H11F2N5O2S2/c1-24-14-17-19-20-21(14)11-4-2-3-10(8-11)18-25(22,23)13-7-9(15)5-6-12(13)16/h2-8,18H,1H3. The molecular weight excluding hydrogens is 372 g/mol. The Balaban J connectivity index is 1.96. The topological polar surface area (TPSA) is 89.8 Å². The maximum atomic E-state index is 13.8. The predicted molar refractivity (Wildman–Crippen MR) is 88.1 cm³/mol. The number of halogens is 2. The van der Waals surface area contributed by atoms with Crippen LogP contribution in [0.1, 0.15) is 0 Å². The van der Waals surface area contributed by atoms with Crippen LogP contribution in [0.5, 0.6) is 0 Å². The van der Waals surface area contributed by atoms with Crippen LogP contribution in [0.4, 0.5) is 14.5 Å². The minimum Gasteiger partial charge on any atom is -0.279 e. The third-order valence-electron chi connectivity index (χ3n) is 3.15. The summed E-state index contributed by atoms with van der Waals surface area (Å²) in [5.41, 5.74) is 0.665. The molecule has 7 nitrogen and oxygen atoms in total. The van der Waals surface area contributed by atoms with E-state index in [2.05, 4.69) is 20.2 Å². The summed E-state index contributed by atoms with van der Waals surface area (Å²) in [4.78, 5) is -0.773. The summed E-state index contributed by atoms with van der Waals surface area (Å²) in [6.07, 6.45) is 1.79. The molecule has 2 aromatic carbocycles. The molecule has 0 atom stereocenters. The van der Waals surface area contributed by atoms with Crippen LogP contribution in [0.25, 0.3) is 5.69 Å². The van der Waals surface area contributed by atoms with Gasteiger partial charge >= 0.3 is 0 Å². The molecule has 130 valence electrons. The summed E-state index contributed by atoms with van der Waals surface area (Å²) in [7, 11) is -4.30. The molecule has 0 saturated heterocycles. The van der Waals surface area contributed by atoms with Crippen LogP contribution in [-0.4, -0.2) is 34.9 Å². The molecule has 1 aromatic heterocycles. The van der Waals surface area contributed by atoms with Gasteiger partial charge in [-0.15, -0.1) is 5.10 Å². The number of anilines is 1. The molecule has 1 heterocycles. The molecule has 3 rings (SSSR count). The fourth-order valence-electron chi connectivity index (χ4n) is 2.06. The molecule has 0 radical (unpaired) electrons. The fourth-order valence-corrected chi connectivity index (χ4v) is 3.64. The zero-order chi connectivity index (χ0) is 18.0. The number of rotatable bonds is 5. The lowest BCUT2D eigenvalue weighted by molar-refractivity contribution is 0.555. The molecule has 0 bridgehead atoms. The molecule has 0 aliphatic heterocycles. The first-order valence-corrected chi connectivity index (χ1v) is 9.52. The van der Waals surface area contributed by atoms with Gasteiger partial charge in [0.1, 0.15) is 16.5 Å². The van der Waals surface area contributed by atoms with Gasteiger partial charge in [-0.25, -0.2) is 17.2 Å². The van der Waals surface area contributed by atoms with E-state index in [1.165, 1.54) is 28.6 Å². The van der Waals surface area contributed by atoms with Crippen molar-refractivity contribution in [2.75, 3.05) is 11.0 Å². The Morgan fingerprint density at radius 2 is 1.96 bits per heavy atom. The van der Waals surface area contributed by atoms with E-state index in [0.29, 0.717) is 16.9 Å². The quantitative estimate of drug-likeness (QED) is 0.681. The number of tetrazole rings is 1. The summed E-state index contributed by atoms with van der Waals surface area (Å²) in [6.45, 7) is 0. The molecule has 0 amide bonds. The largest absolute Gasteiger partial charge is 0.279 e. The fraction of sp³-hybridized carbons (Fsp3) is 0.0714. The van der Waals surface area contributed by atoms with Gasteiger partial charge in [-0.05, 0) is 53.1 Å². The van der Waals surface area contributed by atoms with Gasteiger partial charge in [0.15, 0.2) is 0 Å². The maximum absolute atomic E-state index is 13.8. The third kappa shape index (κ3) is 3.61. The summed E-state index contributed by atoms with van der Waals surface area (Å²) in [5.74, 6) is -1.90. The van der Waals surface area contributed by atoms with Crippen molar-refractivity contribution < 1.29 is 17.2 Å². The monoisotopic (exact) mass is 383 g/mol. The van der Waals surface area contributed by atoms with Crippen LogP contribution in [-0.2, 0) is 10.0 Å². The first-order chi connectivity index (χ1) is 11.9. The highest BCUT2D eigenvalue weighted by Crippen LogP contribution is 2.23. The SMILES string of the molecule is CSc1nnnn1-c1cccc(NS(=O)(=O)c2cc(F)ccc2F)c1. The second-order valence-corrected chi connectivity index (χ2v) is 7.23. The lowest BCUT2D eigenvalue weighted by atomic mass is 10.3. The van der Waals surface area contributed by atoms with Gasteiger partial charge in [0.2, 0.25) is 5.16 Å². The van der Waals surface area contributed by atoms with Gasteiger partial charge in [-0.3, -0.25) is 4.72 Å². The summed E-state index contributed by atoms with van der Waals surface area (Å²) in [6, 6.07) is 8.43. The van der Waals surface area contributed by atoms with Crippen LogP contribution in [0, 0.1) is 11.6 Å². The van der Waals surface area contributed by atoms with Crippen LogP contribution in [0.2, 0.25) is 0 Å². The van der Waals surface area contributed by atoms with Crippen LogP contribution >= 0.6 is 11.8 Å². The van der Waals surface area contributed by atoms with Crippen molar-refractivity contribution in [3.63, 3.8) is 0 Å². The molecule has 1 N–H and O–H groups in total. The van der Waals surface area contributed by atoms with E-state index in [9.17, 15) is 17.2 Å². The predicted octanol–water partition coefficient (Wildman–Crippen LogP) is 2.46. The average Bonchev–Trinajstić information content (AvgIpc) is 3.05. The van der Waals surface area contributed by atoms with Crippen LogP contribution < -0.4 is 4.72 Å². The third-order valence-corrected chi connectivity index (χ3v) is 5.17. The first kappa shape index (κ1) is 17.3. The highest BCUT2D eigenvalue weighted by atomic mass is 32.2. The zero-order valence-electron chi connectivity index (χ0n) is 12.7. The summed E-state index contributed by atoms with van der Waals surface area (Å²) in [5, 5.41) is 11.7. The van der Waals surface area contributed by atoms with Crippen molar-refractivity contribution in [1.82, 2.24) is 20.2 Å². The summed E-state index contributed by atoms with van der Waals surface area (Å²) >= 11 is 1.31. The van der Waals surface area contributed by atoms with Crippen molar-refractivity contribution in [1.29, 1.82) is 0 Å². The van der Waals surface area contributed by atoms with Crippen molar-refractivity contribution >= 4 is 27.5 Å². The van der Waals surface area contributed by atoms with Gasteiger partial charge in [0.25, 0.3) is 10.0 Å². The van der Waals surface area contributed by atoms with Crippen LogP contribution in [0.15, 0.2) is 52.5 Å².